The second-order valence-electron chi connectivity index (χ2n) is 6.26. The van der Waals surface area contributed by atoms with Crippen molar-refractivity contribution in [1.82, 2.24) is 20.4 Å². The van der Waals surface area contributed by atoms with E-state index in [0.29, 0.717) is 31.4 Å². The van der Waals surface area contributed by atoms with Crippen LogP contribution in [0.2, 0.25) is 0 Å². The van der Waals surface area contributed by atoms with E-state index in [1.807, 2.05) is 7.05 Å². The molecule has 1 aromatic heterocycles. The number of nitrogens with one attached hydrogen (secondary N) is 2. The van der Waals surface area contributed by atoms with E-state index in [0.717, 1.165) is 6.42 Å². The quantitative estimate of drug-likeness (QED) is 0.856. The number of likely N-dealkylation sites (tertiary alicyclic amines) is 1. The van der Waals surface area contributed by atoms with Crippen LogP contribution in [0.5, 0.6) is 0 Å². The molecule has 1 saturated heterocycles. The van der Waals surface area contributed by atoms with Gasteiger partial charge in [0.15, 0.2) is 0 Å². The highest BCUT2D eigenvalue weighted by atomic mass is 16.4. The van der Waals surface area contributed by atoms with Crippen LogP contribution in [0.15, 0.2) is 4.42 Å². The molecule has 7 heteroatoms. The van der Waals surface area contributed by atoms with Crippen molar-refractivity contribution in [3.63, 3.8) is 0 Å². The Bertz CT molecular complexity index is 466. The lowest BCUT2D eigenvalue weighted by Gasteiger charge is -2.29. The first-order valence-electron chi connectivity index (χ1n) is 6.91. The molecule has 2 N–H and O–H groups in total. The highest BCUT2D eigenvalue weighted by Crippen LogP contribution is 2.15. The standard InChI is InChI=1S/C13H23N5O2/c1-13(2,3)14-7-10-16-17-12(20-10)15-9-5-6-11(19)18(4)8-9/h9,14H,5-8H2,1-4H3,(H,15,17). The van der Waals surface area contributed by atoms with Crippen molar-refractivity contribution in [3.05, 3.63) is 5.89 Å². The Morgan fingerprint density at radius 3 is 2.80 bits per heavy atom. The van der Waals surface area contributed by atoms with Crippen molar-refractivity contribution in [2.45, 2.75) is 51.7 Å². The fraction of sp³-hybridized carbons (Fsp3) is 0.769. The summed E-state index contributed by atoms with van der Waals surface area (Å²) in [6, 6.07) is 0.588. The molecule has 0 aliphatic carbocycles. The Morgan fingerprint density at radius 1 is 1.40 bits per heavy atom. The summed E-state index contributed by atoms with van der Waals surface area (Å²) >= 11 is 0. The third-order valence-corrected chi connectivity index (χ3v) is 3.19. The Kier molecular flexibility index (Phi) is 4.27. The van der Waals surface area contributed by atoms with Gasteiger partial charge in [-0.1, -0.05) is 5.10 Å². The van der Waals surface area contributed by atoms with Crippen molar-refractivity contribution in [3.8, 4) is 0 Å². The van der Waals surface area contributed by atoms with Gasteiger partial charge >= 0.3 is 6.01 Å². The van der Waals surface area contributed by atoms with E-state index < -0.39 is 0 Å². The molecule has 2 rings (SSSR count). The number of carbonyl (C=O) groups is 1. The summed E-state index contributed by atoms with van der Waals surface area (Å²) in [4.78, 5) is 13.1. The van der Waals surface area contributed by atoms with Crippen LogP contribution < -0.4 is 10.6 Å². The van der Waals surface area contributed by atoms with Gasteiger partial charge in [0.25, 0.3) is 0 Å². The molecule has 20 heavy (non-hydrogen) atoms. The molecule has 2 heterocycles. The zero-order valence-corrected chi connectivity index (χ0v) is 12.6. The van der Waals surface area contributed by atoms with Crippen LogP contribution in [0.4, 0.5) is 6.01 Å². The summed E-state index contributed by atoms with van der Waals surface area (Å²) in [5, 5.41) is 14.5. The van der Waals surface area contributed by atoms with Gasteiger partial charge in [0.2, 0.25) is 11.8 Å². The van der Waals surface area contributed by atoms with Crippen molar-refractivity contribution >= 4 is 11.9 Å². The second kappa shape index (κ2) is 5.78. The van der Waals surface area contributed by atoms with Gasteiger partial charge in [0, 0.05) is 31.6 Å². The van der Waals surface area contributed by atoms with Gasteiger partial charge < -0.3 is 20.0 Å². The fourth-order valence-corrected chi connectivity index (χ4v) is 2.03. The van der Waals surface area contributed by atoms with Crippen LogP contribution in [0, 0.1) is 0 Å². The molecule has 112 valence electrons. The number of carbonyl (C=O) groups excluding carboxylic acids is 1. The minimum Gasteiger partial charge on any atom is -0.407 e. The number of aromatic nitrogens is 2. The summed E-state index contributed by atoms with van der Waals surface area (Å²) in [7, 11) is 1.81. The van der Waals surface area contributed by atoms with E-state index in [1.165, 1.54) is 0 Å². The van der Waals surface area contributed by atoms with Crippen LogP contribution in [0.1, 0.15) is 39.5 Å². The normalized spacial score (nSPS) is 20.3. The third kappa shape index (κ3) is 4.19. The number of hydrogen-bond acceptors (Lipinski definition) is 6. The molecule has 0 bridgehead atoms. The van der Waals surface area contributed by atoms with Gasteiger partial charge in [-0.15, -0.1) is 5.10 Å². The average Bonchev–Trinajstić information content (AvgIpc) is 2.78. The minimum atomic E-state index is 0.00844. The Hall–Kier alpha value is -1.63. The number of amides is 1. The first kappa shape index (κ1) is 14.8. The first-order chi connectivity index (χ1) is 9.33. The molecule has 1 amide bonds. The van der Waals surface area contributed by atoms with E-state index in [2.05, 4.69) is 41.6 Å². The summed E-state index contributed by atoms with van der Waals surface area (Å²) in [5.74, 6) is 0.742. The van der Waals surface area contributed by atoms with E-state index in [1.54, 1.807) is 4.90 Å². The molecule has 1 unspecified atom stereocenters. The van der Waals surface area contributed by atoms with Gasteiger partial charge in [-0.05, 0) is 27.2 Å². The summed E-state index contributed by atoms with van der Waals surface area (Å²) in [6.45, 7) is 7.45. The smallest absolute Gasteiger partial charge is 0.315 e. The molecule has 0 spiro atoms. The lowest BCUT2D eigenvalue weighted by molar-refractivity contribution is -0.132. The van der Waals surface area contributed by atoms with E-state index in [4.69, 9.17) is 4.42 Å². The average molecular weight is 281 g/mol. The van der Waals surface area contributed by atoms with Crippen molar-refractivity contribution < 1.29 is 9.21 Å². The largest absolute Gasteiger partial charge is 0.407 e. The molecular weight excluding hydrogens is 258 g/mol. The molecule has 0 saturated carbocycles. The maximum atomic E-state index is 11.4. The lowest BCUT2D eigenvalue weighted by Crippen LogP contribution is -2.43. The topological polar surface area (TPSA) is 83.3 Å². The molecular formula is C13H23N5O2. The predicted molar refractivity (Wildman–Crippen MR) is 75.2 cm³/mol. The van der Waals surface area contributed by atoms with Crippen LogP contribution in [-0.4, -0.2) is 46.2 Å². The first-order valence-corrected chi connectivity index (χ1v) is 6.91. The molecule has 7 nitrogen and oxygen atoms in total. The second-order valence-corrected chi connectivity index (χ2v) is 6.26. The molecule has 1 atom stereocenters. The summed E-state index contributed by atoms with van der Waals surface area (Å²) in [6.07, 6.45) is 1.35. The van der Waals surface area contributed by atoms with Gasteiger partial charge in [-0.3, -0.25) is 4.79 Å². The molecule has 1 aromatic rings. The summed E-state index contributed by atoms with van der Waals surface area (Å²) in [5.41, 5.74) is 0.00844. The number of likely N-dealkylation sites (N-methyl/N-ethyl adjacent to an activating group) is 1. The van der Waals surface area contributed by atoms with Crippen molar-refractivity contribution in [2.75, 3.05) is 18.9 Å². The lowest BCUT2D eigenvalue weighted by atomic mass is 10.1. The number of piperidine rings is 1. The Morgan fingerprint density at radius 2 is 2.15 bits per heavy atom. The predicted octanol–water partition coefficient (Wildman–Crippen LogP) is 0.990. The monoisotopic (exact) mass is 281 g/mol. The molecule has 1 aliphatic heterocycles. The molecule has 0 aromatic carbocycles. The number of rotatable bonds is 4. The van der Waals surface area contributed by atoms with Gasteiger partial charge in [-0.2, -0.15) is 0 Å². The highest BCUT2D eigenvalue weighted by molar-refractivity contribution is 5.76. The number of nitrogens with zero attached hydrogens (tertiary/aromatic N) is 3. The maximum absolute atomic E-state index is 11.4. The van der Waals surface area contributed by atoms with E-state index in [9.17, 15) is 4.79 Å². The van der Waals surface area contributed by atoms with E-state index in [-0.39, 0.29) is 17.5 Å². The Balaban J connectivity index is 1.85. The highest BCUT2D eigenvalue weighted by Gasteiger charge is 2.24. The molecule has 0 radical (unpaired) electrons. The third-order valence-electron chi connectivity index (χ3n) is 3.19. The Labute approximate surface area is 119 Å². The fourth-order valence-electron chi connectivity index (χ4n) is 2.03. The van der Waals surface area contributed by atoms with Crippen molar-refractivity contribution in [2.24, 2.45) is 0 Å². The van der Waals surface area contributed by atoms with Gasteiger partial charge in [0.1, 0.15) is 0 Å². The van der Waals surface area contributed by atoms with Gasteiger partial charge in [-0.25, -0.2) is 0 Å². The SMILES string of the molecule is CN1CC(Nc2nnc(CNC(C)(C)C)o2)CCC1=O. The zero-order chi connectivity index (χ0) is 14.8. The molecule has 1 aliphatic rings. The maximum Gasteiger partial charge on any atom is 0.315 e. The minimum absolute atomic E-state index is 0.00844. The van der Waals surface area contributed by atoms with Crippen LogP contribution in [0.3, 0.4) is 0 Å². The van der Waals surface area contributed by atoms with E-state index >= 15 is 0 Å². The van der Waals surface area contributed by atoms with Crippen molar-refractivity contribution in [1.29, 1.82) is 0 Å². The van der Waals surface area contributed by atoms with Crippen LogP contribution >= 0.6 is 0 Å². The van der Waals surface area contributed by atoms with Crippen LogP contribution in [0.25, 0.3) is 0 Å². The number of hydrogen-bond donors (Lipinski definition) is 2. The van der Waals surface area contributed by atoms with Gasteiger partial charge in [0.05, 0.1) is 6.54 Å². The summed E-state index contributed by atoms with van der Waals surface area (Å²) < 4.78 is 5.54. The zero-order valence-electron chi connectivity index (χ0n) is 12.6. The molecule has 1 fully saturated rings. The number of anilines is 1. The van der Waals surface area contributed by atoms with Crippen LogP contribution in [-0.2, 0) is 11.3 Å².